The first-order valence-corrected chi connectivity index (χ1v) is 2.54. The molecule has 0 unspecified atom stereocenters. The number of hydrogen-bond donors (Lipinski definition) is 1. The number of nitrogens with zero attached hydrogens (tertiary/aromatic N) is 1. The molecule has 0 atom stereocenters. The minimum atomic E-state index is -0.0362. The maximum Gasteiger partial charge on any atom is 0.172 e. The molecule has 0 saturated carbocycles. The number of rotatable bonds is 3. The van der Waals surface area contributed by atoms with Crippen molar-refractivity contribution in [3.63, 3.8) is 0 Å². The van der Waals surface area contributed by atoms with Crippen molar-refractivity contribution >= 4 is 12.0 Å². The third-order valence-electron chi connectivity index (χ3n) is 0.496. The molecule has 3 heteroatoms. The van der Waals surface area contributed by atoms with E-state index in [0.717, 1.165) is 6.54 Å². The van der Waals surface area contributed by atoms with Gasteiger partial charge in [0.1, 0.15) is 0 Å². The van der Waals surface area contributed by atoms with Crippen LogP contribution in [0.1, 0.15) is 13.8 Å². The Bertz CT molecular complexity index is 98.6. The van der Waals surface area contributed by atoms with Crippen molar-refractivity contribution in [2.24, 2.45) is 5.10 Å². The van der Waals surface area contributed by atoms with Crippen molar-refractivity contribution in [2.75, 3.05) is 6.54 Å². The number of hydrazone groups is 1. The summed E-state index contributed by atoms with van der Waals surface area (Å²) in [6.07, 6.45) is 1.25. The van der Waals surface area contributed by atoms with Gasteiger partial charge in [0.2, 0.25) is 0 Å². The highest BCUT2D eigenvalue weighted by atomic mass is 16.1. The van der Waals surface area contributed by atoms with E-state index in [1.807, 2.05) is 6.92 Å². The first-order chi connectivity index (χ1) is 3.77. The number of ketones is 1. The van der Waals surface area contributed by atoms with E-state index in [4.69, 9.17) is 0 Å². The zero-order valence-electron chi connectivity index (χ0n) is 5.14. The first-order valence-electron chi connectivity index (χ1n) is 2.54. The molecule has 0 spiro atoms. The molecule has 3 nitrogen and oxygen atoms in total. The van der Waals surface area contributed by atoms with Gasteiger partial charge in [-0.15, -0.1) is 0 Å². The van der Waals surface area contributed by atoms with Crippen LogP contribution in [0.15, 0.2) is 5.10 Å². The first kappa shape index (κ1) is 7.14. The fourth-order valence-corrected chi connectivity index (χ4v) is 0.228. The van der Waals surface area contributed by atoms with E-state index < -0.39 is 0 Å². The number of carbonyl (C=O) groups is 1. The number of nitrogens with one attached hydrogen (secondary N) is 1. The molecule has 46 valence electrons. The minimum Gasteiger partial charge on any atom is -0.310 e. The summed E-state index contributed by atoms with van der Waals surface area (Å²) < 4.78 is 0. The van der Waals surface area contributed by atoms with E-state index in [1.165, 1.54) is 13.1 Å². The Morgan fingerprint density at radius 1 is 1.88 bits per heavy atom. The highest BCUT2D eigenvalue weighted by Gasteiger charge is 1.78. The van der Waals surface area contributed by atoms with Crippen molar-refractivity contribution in [2.45, 2.75) is 13.8 Å². The molecule has 0 fully saturated rings. The molecule has 8 heavy (non-hydrogen) atoms. The average molecular weight is 114 g/mol. The summed E-state index contributed by atoms with van der Waals surface area (Å²) in [6, 6.07) is 0. The maximum atomic E-state index is 10.1. The maximum absolute atomic E-state index is 10.1. The van der Waals surface area contributed by atoms with Crippen LogP contribution in [0.2, 0.25) is 0 Å². The van der Waals surface area contributed by atoms with Gasteiger partial charge in [-0.25, -0.2) is 0 Å². The second-order valence-corrected chi connectivity index (χ2v) is 1.38. The molecule has 1 N–H and O–H groups in total. The fourth-order valence-electron chi connectivity index (χ4n) is 0.228. The van der Waals surface area contributed by atoms with Crippen LogP contribution in [0.3, 0.4) is 0 Å². The van der Waals surface area contributed by atoms with Crippen molar-refractivity contribution in [3.8, 4) is 0 Å². The Kier molecular flexibility index (Phi) is 3.84. The highest BCUT2D eigenvalue weighted by molar-refractivity contribution is 6.26. The smallest absolute Gasteiger partial charge is 0.172 e. The zero-order chi connectivity index (χ0) is 6.41. The standard InChI is InChI=1S/C5H10N2O/c1-3-6-7-4-5(2)8/h4,6H,3H2,1-2H3/b7-4-. The highest BCUT2D eigenvalue weighted by Crippen LogP contribution is 1.59. The van der Waals surface area contributed by atoms with E-state index in [9.17, 15) is 4.79 Å². The molecule has 0 aromatic carbocycles. The molecule has 0 aliphatic carbocycles. The third-order valence-corrected chi connectivity index (χ3v) is 0.496. The Morgan fingerprint density at radius 2 is 2.50 bits per heavy atom. The molecule has 0 aromatic heterocycles. The largest absolute Gasteiger partial charge is 0.310 e. The Morgan fingerprint density at radius 3 is 2.88 bits per heavy atom. The summed E-state index contributed by atoms with van der Waals surface area (Å²) in [5.74, 6) is -0.0362. The number of hydrogen-bond acceptors (Lipinski definition) is 3. The molecule has 0 aliphatic heterocycles. The molecular formula is C5H10N2O. The summed E-state index contributed by atoms with van der Waals surface area (Å²) >= 11 is 0. The van der Waals surface area contributed by atoms with Crippen LogP contribution >= 0.6 is 0 Å². The molecule has 0 aliphatic rings. The summed E-state index contributed by atoms with van der Waals surface area (Å²) in [5, 5.41) is 3.56. The summed E-state index contributed by atoms with van der Waals surface area (Å²) in [5.41, 5.74) is 2.63. The lowest BCUT2D eigenvalue weighted by molar-refractivity contribution is -0.110. The molecule has 0 heterocycles. The molecule has 0 aromatic rings. The van der Waals surface area contributed by atoms with Crippen LogP contribution in [-0.2, 0) is 4.79 Å². The van der Waals surface area contributed by atoms with Crippen LogP contribution in [0.4, 0.5) is 0 Å². The molecule has 0 rings (SSSR count). The molecule has 0 bridgehead atoms. The predicted octanol–water partition coefficient (Wildman–Crippen LogP) is 0.171. The van der Waals surface area contributed by atoms with E-state index in [0.29, 0.717) is 0 Å². The van der Waals surface area contributed by atoms with Gasteiger partial charge in [0, 0.05) is 13.5 Å². The van der Waals surface area contributed by atoms with Gasteiger partial charge in [0.25, 0.3) is 0 Å². The SMILES string of the molecule is CCN/N=C\C(C)=O. The summed E-state index contributed by atoms with van der Waals surface area (Å²) in [6.45, 7) is 4.13. The van der Waals surface area contributed by atoms with E-state index in [2.05, 4.69) is 10.5 Å². The van der Waals surface area contributed by atoms with Crippen LogP contribution in [0, 0.1) is 0 Å². The van der Waals surface area contributed by atoms with Crippen molar-refractivity contribution in [1.82, 2.24) is 5.43 Å². The topological polar surface area (TPSA) is 41.5 Å². The van der Waals surface area contributed by atoms with Crippen molar-refractivity contribution in [1.29, 1.82) is 0 Å². The van der Waals surface area contributed by atoms with Gasteiger partial charge in [0.15, 0.2) is 5.78 Å². The Labute approximate surface area is 48.8 Å². The lowest BCUT2D eigenvalue weighted by Crippen LogP contribution is -2.05. The second kappa shape index (κ2) is 4.30. The second-order valence-electron chi connectivity index (χ2n) is 1.38. The zero-order valence-corrected chi connectivity index (χ0v) is 5.14. The number of Topliss-reactive ketones (excluding diaryl/α,β-unsaturated/α-hetero) is 1. The molecule has 0 radical (unpaired) electrons. The normalized spacial score (nSPS) is 9.75. The van der Waals surface area contributed by atoms with Gasteiger partial charge in [-0.2, -0.15) is 5.10 Å². The van der Waals surface area contributed by atoms with Gasteiger partial charge in [-0.3, -0.25) is 4.79 Å². The summed E-state index contributed by atoms with van der Waals surface area (Å²) in [7, 11) is 0. The van der Waals surface area contributed by atoms with Gasteiger partial charge in [-0.05, 0) is 6.92 Å². The van der Waals surface area contributed by atoms with Crippen LogP contribution in [-0.4, -0.2) is 18.5 Å². The Balaban J connectivity index is 3.20. The van der Waals surface area contributed by atoms with E-state index >= 15 is 0 Å². The monoisotopic (exact) mass is 114 g/mol. The van der Waals surface area contributed by atoms with Gasteiger partial charge >= 0.3 is 0 Å². The lowest BCUT2D eigenvalue weighted by atomic mass is 10.5. The quantitative estimate of drug-likeness (QED) is 0.419. The molecule has 0 amide bonds. The van der Waals surface area contributed by atoms with Crippen LogP contribution < -0.4 is 5.43 Å². The predicted molar refractivity (Wildman–Crippen MR) is 32.8 cm³/mol. The Hall–Kier alpha value is -0.860. The van der Waals surface area contributed by atoms with Crippen LogP contribution in [0.5, 0.6) is 0 Å². The van der Waals surface area contributed by atoms with Gasteiger partial charge < -0.3 is 5.43 Å². The molecular weight excluding hydrogens is 104 g/mol. The minimum absolute atomic E-state index is 0.0362. The lowest BCUT2D eigenvalue weighted by Gasteiger charge is -1.86. The van der Waals surface area contributed by atoms with Crippen molar-refractivity contribution < 1.29 is 4.79 Å². The van der Waals surface area contributed by atoms with Crippen LogP contribution in [0.25, 0.3) is 0 Å². The molecule has 0 saturated heterocycles. The van der Waals surface area contributed by atoms with Gasteiger partial charge in [0.05, 0.1) is 6.21 Å². The fraction of sp³-hybridized carbons (Fsp3) is 0.600. The number of carbonyl (C=O) groups excluding carboxylic acids is 1. The third kappa shape index (κ3) is 5.14. The van der Waals surface area contributed by atoms with Crippen molar-refractivity contribution in [3.05, 3.63) is 0 Å². The van der Waals surface area contributed by atoms with E-state index in [1.54, 1.807) is 0 Å². The summed E-state index contributed by atoms with van der Waals surface area (Å²) in [4.78, 5) is 10.1. The van der Waals surface area contributed by atoms with Gasteiger partial charge in [-0.1, -0.05) is 0 Å². The average Bonchev–Trinajstić information content (AvgIpc) is 1.66. The van der Waals surface area contributed by atoms with E-state index in [-0.39, 0.29) is 5.78 Å².